The van der Waals surface area contributed by atoms with Crippen LogP contribution < -0.4 is 20.5 Å². The number of nitrogens with two attached hydrogens (primary N) is 1. The van der Waals surface area contributed by atoms with Crippen molar-refractivity contribution in [2.75, 3.05) is 18.5 Å². The SMILES string of the molecule is Cc1cccc(OC(C)C(=O)Nc2ccc(OCCN)cc2)c1.Cl. The van der Waals surface area contributed by atoms with Gasteiger partial charge < -0.3 is 20.5 Å². The molecule has 0 saturated carbocycles. The Kier molecular flexibility index (Phi) is 8.09. The van der Waals surface area contributed by atoms with Gasteiger partial charge in [0, 0.05) is 12.2 Å². The highest BCUT2D eigenvalue weighted by atomic mass is 35.5. The van der Waals surface area contributed by atoms with Crippen molar-refractivity contribution in [1.82, 2.24) is 0 Å². The molecule has 2 aromatic rings. The van der Waals surface area contributed by atoms with Gasteiger partial charge in [-0.15, -0.1) is 12.4 Å². The molecule has 1 unspecified atom stereocenters. The van der Waals surface area contributed by atoms with E-state index in [1.807, 2.05) is 31.2 Å². The summed E-state index contributed by atoms with van der Waals surface area (Å²) in [5.74, 6) is 1.19. The third-order valence-corrected chi connectivity index (χ3v) is 3.18. The quantitative estimate of drug-likeness (QED) is 0.804. The molecule has 0 aliphatic carbocycles. The number of nitrogens with one attached hydrogen (secondary N) is 1. The Bertz CT molecular complexity index is 647. The van der Waals surface area contributed by atoms with Crippen LogP contribution in [0.1, 0.15) is 12.5 Å². The van der Waals surface area contributed by atoms with Gasteiger partial charge in [0.2, 0.25) is 0 Å². The number of ether oxygens (including phenoxy) is 2. The first kappa shape index (κ1) is 19.8. The molecule has 0 fully saturated rings. The van der Waals surface area contributed by atoms with Crippen molar-refractivity contribution in [3.8, 4) is 11.5 Å². The highest BCUT2D eigenvalue weighted by Crippen LogP contribution is 2.17. The molecule has 2 rings (SSSR count). The van der Waals surface area contributed by atoms with Crippen LogP contribution in [-0.2, 0) is 4.79 Å². The monoisotopic (exact) mass is 350 g/mol. The average Bonchev–Trinajstić information content (AvgIpc) is 2.54. The van der Waals surface area contributed by atoms with E-state index in [4.69, 9.17) is 15.2 Å². The van der Waals surface area contributed by atoms with Gasteiger partial charge in [0.1, 0.15) is 18.1 Å². The first-order chi connectivity index (χ1) is 11.1. The highest BCUT2D eigenvalue weighted by Gasteiger charge is 2.15. The lowest BCUT2D eigenvalue weighted by atomic mass is 10.2. The highest BCUT2D eigenvalue weighted by molar-refractivity contribution is 5.94. The van der Waals surface area contributed by atoms with Crippen LogP contribution in [-0.4, -0.2) is 25.2 Å². The topological polar surface area (TPSA) is 73.6 Å². The van der Waals surface area contributed by atoms with E-state index in [1.165, 1.54) is 0 Å². The van der Waals surface area contributed by atoms with Gasteiger partial charge >= 0.3 is 0 Å². The number of hydrogen-bond acceptors (Lipinski definition) is 4. The van der Waals surface area contributed by atoms with Gasteiger partial charge in [-0.2, -0.15) is 0 Å². The number of benzene rings is 2. The van der Waals surface area contributed by atoms with E-state index in [2.05, 4.69) is 5.32 Å². The minimum absolute atomic E-state index is 0. The van der Waals surface area contributed by atoms with Crippen molar-refractivity contribution in [1.29, 1.82) is 0 Å². The summed E-state index contributed by atoms with van der Waals surface area (Å²) in [4.78, 5) is 12.2. The lowest BCUT2D eigenvalue weighted by Crippen LogP contribution is -2.30. The molecule has 0 aliphatic rings. The number of aryl methyl sites for hydroxylation is 1. The molecule has 1 atom stereocenters. The maximum absolute atomic E-state index is 12.2. The third kappa shape index (κ3) is 6.10. The van der Waals surface area contributed by atoms with Crippen LogP contribution in [0.5, 0.6) is 11.5 Å². The molecule has 1 amide bonds. The van der Waals surface area contributed by atoms with Gasteiger partial charge in [0.25, 0.3) is 5.91 Å². The zero-order valence-electron chi connectivity index (χ0n) is 13.8. The Morgan fingerprint density at radius 3 is 2.50 bits per heavy atom. The second-order valence-corrected chi connectivity index (χ2v) is 5.23. The molecular formula is C18H23ClN2O3. The smallest absolute Gasteiger partial charge is 0.265 e. The van der Waals surface area contributed by atoms with E-state index in [-0.39, 0.29) is 18.3 Å². The lowest BCUT2D eigenvalue weighted by molar-refractivity contribution is -0.122. The molecule has 24 heavy (non-hydrogen) atoms. The average molecular weight is 351 g/mol. The van der Waals surface area contributed by atoms with E-state index in [0.29, 0.717) is 24.6 Å². The fourth-order valence-corrected chi connectivity index (χ4v) is 2.00. The molecule has 5 nitrogen and oxygen atoms in total. The number of rotatable bonds is 7. The normalized spacial score (nSPS) is 11.1. The van der Waals surface area contributed by atoms with Crippen LogP contribution >= 0.6 is 12.4 Å². The number of hydrogen-bond donors (Lipinski definition) is 2. The second kappa shape index (κ2) is 9.80. The molecule has 130 valence electrons. The summed E-state index contributed by atoms with van der Waals surface area (Å²) < 4.78 is 11.0. The predicted octanol–water partition coefficient (Wildman–Crippen LogP) is 3.16. The molecule has 0 saturated heterocycles. The molecule has 6 heteroatoms. The summed E-state index contributed by atoms with van der Waals surface area (Å²) in [5, 5.41) is 2.82. The van der Waals surface area contributed by atoms with Crippen molar-refractivity contribution in [3.05, 3.63) is 54.1 Å². The standard InChI is InChI=1S/C18H22N2O3.ClH/c1-13-4-3-5-17(12-13)23-14(2)18(21)20-15-6-8-16(9-7-15)22-11-10-19;/h3-9,12,14H,10-11,19H2,1-2H3,(H,20,21);1H. The fourth-order valence-electron chi connectivity index (χ4n) is 2.00. The molecule has 2 aromatic carbocycles. The molecule has 0 aromatic heterocycles. The summed E-state index contributed by atoms with van der Waals surface area (Å²) in [6.45, 7) is 4.63. The summed E-state index contributed by atoms with van der Waals surface area (Å²) in [5.41, 5.74) is 7.16. The fraction of sp³-hybridized carbons (Fsp3) is 0.278. The van der Waals surface area contributed by atoms with Crippen LogP contribution in [0, 0.1) is 6.92 Å². The molecule has 0 heterocycles. The summed E-state index contributed by atoms with van der Waals surface area (Å²) in [6.07, 6.45) is -0.593. The van der Waals surface area contributed by atoms with Gasteiger partial charge in [0.15, 0.2) is 6.10 Å². The van der Waals surface area contributed by atoms with Crippen molar-refractivity contribution in [3.63, 3.8) is 0 Å². The van der Waals surface area contributed by atoms with E-state index in [0.717, 1.165) is 11.3 Å². The first-order valence-electron chi connectivity index (χ1n) is 7.55. The van der Waals surface area contributed by atoms with Crippen molar-refractivity contribution in [2.45, 2.75) is 20.0 Å². The van der Waals surface area contributed by atoms with Gasteiger partial charge in [-0.1, -0.05) is 12.1 Å². The summed E-state index contributed by atoms with van der Waals surface area (Å²) in [6, 6.07) is 14.7. The second-order valence-electron chi connectivity index (χ2n) is 5.23. The van der Waals surface area contributed by atoms with E-state index >= 15 is 0 Å². The predicted molar refractivity (Wildman–Crippen MR) is 98.1 cm³/mol. The third-order valence-electron chi connectivity index (χ3n) is 3.18. The molecule has 0 spiro atoms. The van der Waals surface area contributed by atoms with E-state index in [1.54, 1.807) is 31.2 Å². The minimum Gasteiger partial charge on any atom is -0.492 e. The van der Waals surface area contributed by atoms with Crippen molar-refractivity contribution >= 4 is 24.0 Å². The van der Waals surface area contributed by atoms with Gasteiger partial charge in [-0.3, -0.25) is 4.79 Å². The van der Waals surface area contributed by atoms with Gasteiger partial charge in [-0.25, -0.2) is 0 Å². The van der Waals surface area contributed by atoms with Crippen molar-refractivity contribution < 1.29 is 14.3 Å². The van der Waals surface area contributed by atoms with Gasteiger partial charge in [0.05, 0.1) is 0 Å². The number of carbonyl (C=O) groups is 1. The summed E-state index contributed by atoms with van der Waals surface area (Å²) >= 11 is 0. The zero-order chi connectivity index (χ0) is 16.7. The van der Waals surface area contributed by atoms with E-state index < -0.39 is 6.10 Å². The van der Waals surface area contributed by atoms with Crippen LogP contribution in [0.25, 0.3) is 0 Å². The largest absolute Gasteiger partial charge is 0.492 e. The Morgan fingerprint density at radius 2 is 1.88 bits per heavy atom. The van der Waals surface area contributed by atoms with Gasteiger partial charge in [-0.05, 0) is 55.8 Å². The van der Waals surface area contributed by atoms with Crippen LogP contribution in [0.4, 0.5) is 5.69 Å². The molecule has 3 N–H and O–H groups in total. The Balaban J connectivity index is 0.00000288. The molecule has 0 aliphatic heterocycles. The maximum atomic E-state index is 12.2. The first-order valence-corrected chi connectivity index (χ1v) is 7.55. The Morgan fingerprint density at radius 1 is 1.17 bits per heavy atom. The number of halogens is 1. The maximum Gasteiger partial charge on any atom is 0.265 e. The number of carbonyl (C=O) groups excluding carboxylic acids is 1. The molecule has 0 bridgehead atoms. The molecule has 0 radical (unpaired) electrons. The van der Waals surface area contributed by atoms with Crippen LogP contribution in [0.2, 0.25) is 0 Å². The minimum atomic E-state index is -0.593. The lowest BCUT2D eigenvalue weighted by Gasteiger charge is -2.15. The summed E-state index contributed by atoms with van der Waals surface area (Å²) in [7, 11) is 0. The van der Waals surface area contributed by atoms with Crippen molar-refractivity contribution in [2.24, 2.45) is 5.73 Å². The van der Waals surface area contributed by atoms with Crippen LogP contribution in [0.15, 0.2) is 48.5 Å². The van der Waals surface area contributed by atoms with Crippen LogP contribution in [0.3, 0.4) is 0 Å². The number of anilines is 1. The zero-order valence-corrected chi connectivity index (χ0v) is 14.6. The molecular weight excluding hydrogens is 328 g/mol. The Hall–Kier alpha value is -2.24. The van der Waals surface area contributed by atoms with E-state index in [9.17, 15) is 4.79 Å². The Labute approximate surface area is 148 Å². The number of amides is 1.